The Bertz CT molecular complexity index is 334. The zero-order valence-electron chi connectivity index (χ0n) is 9.70. The summed E-state index contributed by atoms with van der Waals surface area (Å²) in [6.45, 7) is 0.789. The second-order valence-corrected chi connectivity index (χ2v) is 3.73. The number of hydrogen-bond acceptors (Lipinski definition) is 3. The smallest absolute Gasteiger partial charge is 0.265 e. The fourth-order valence-corrected chi connectivity index (χ4v) is 1.47. The van der Waals surface area contributed by atoms with E-state index in [0.717, 1.165) is 11.1 Å². The van der Waals surface area contributed by atoms with Crippen LogP contribution in [0.1, 0.15) is 11.1 Å². The highest BCUT2D eigenvalue weighted by atomic mass is 19.3. The van der Waals surface area contributed by atoms with Gasteiger partial charge >= 0.3 is 0 Å². The van der Waals surface area contributed by atoms with Crippen molar-refractivity contribution in [3.63, 3.8) is 0 Å². The van der Waals surface area contributed by atoms with Gasteiger partial charge in [-0.2, -0.15) is 0 Å². The molecular formula is C12H17F2NO2. The lowest BCUT2D eigenvalue weighted by molar-refractivity contribution is -0.00342. The van der Waals surface area contributed by atoms with E-state index in [4.69, 9.17) is 9.84 Å². The van der Waals surface area contributed by atoms with Crippen molar-refractivity contribution in [2.24, 2.45) is 0 Å². The predicted octanol–water partition coefficient (Wildman–Crippen LogP) is 1.55. The summed E-state index contributed by atoms with van der Waals surface area (Å²) in [7, 11) is 1.60. The van der Waals surface area contributed by atoms with E-state index >= 15 is 0 Å². The maximum Gasteiger partial charge on any atom is 0.265 e. The largest absolute Gasteiger partial charge is 0.386 e. The fraction of sp³-hybridized carbons (Fsp3) is 0.500. The topological polar surface area (TPSA) is 41.5 Å². The third-order valence-corrected chi connectivity index (χ3v) is 2.38. The van der Waals surface area contributed by atoms with Crippen molar-refractivity contribution in [2.45, 2.75) is 25.7 Å². The number of rotatable bonds is 7. The summed E-state index contributed by atoms with van der Waals surface area (Å²) in [5, 5.41) is 11.7. The van der Waals surface area contributed by atoms with Crippen molar-refractivity contribution in [1.29, 1.82) is 0 Å². The van der Waals surface area contributed by atoms with Gasteiger partial charge in [0.1, 0.15) is 6.10 Å². The Balaban J connectivity index is 2.45. The van der Waals surface area contributed by atoms with Gasteiger partial charge in [-0.1, -0.05) is 24.3 Å². The first-order chi connectivity index (χ1) is 8.15. The van der Waals surface area contributed by atoms with E-state index in [1.165, 1.54) is 0 Å². The molecule has 0 aliphatic heterocycles. The Kier molecular flexibility index (Phi) is 6.04. The lowest BCUT2D eigenvalue weighted by Crippen LogP contribution is -2.31. The van der Waals surface area contributed by atoms with Crippen LogP contribution in [0.25, 0.3) is 0 Å². The Labute approximate surface area is 99.4 Å². The molecular weight excluding hydrogens is 228 g/mol. The van der Waals surface area contributed by atoms with Crippen molar-refractivity contribution >= 4 is 0 Å². The van der Waals surface area contributed by atoms with Crippen LogP contribution in [0.4, 0.5) is 8.78 Å². The minimum atomic E-state index is -2.71. The molecule has 0 amide bonds. The van der Waals surface area contributed by atoms with Crippen LogP contribution in [-0.4, -0.2) is 31.3 Å². The zero-order valence-corrected chi connectivity index (χ0v) is 9.70. The van der Waals surface area contributed by atoms with E-state index in [1.807, 2.05) is 24.3 Å². The minimum Gasteiger partial charge on any atom is -0.386 e. The fourth-order valence-electron chi connectivity index (χ4n) is 1.47. The lowest BCUT2D eigenvalue weighted by Gasteiger charge is -2.12. The van der Waals surface area contributed by atoms with Gasteiger partial charge in [0.15, 0.2) is 0 Å². The summed E-state index contributed by atoms with van der Waals surface area (Å²) in [4.78, 5) is 0. The van der Waals surface area contributed by atoms with E-state index in [9.17, 15) is 8.78 Å². The number of halogens is 2. The van der Waals surface area contributed by atoms with Crippen molar-refractivity contribution < 1.29 is 18.6 Å². The monoisotopic (exact) mass is 245 g/mol. The van der Waals surface area contributed by atoms with Gasteiger partial charge in [-0.05, 0) is 11.1 Å². The third kappa shape index (κ3) is 4.77. The number of alkyl halides is 2. The molecule has 0 aliphatic carbocycles. The second-order valence-electron chi connectivity index (χ2n) is 3.73. The van der Waals surface area contributed by atoms with Gasteiger partial charge in [0.2, 0.25) is 0 Å². The highest BCUT2D eigenvalue weighted by Gasteiger charge is 2.15. The molecule has 17 heavy (non-hydrogen) atoms. The first-order valence-electron chi connectivity index (χ1n) is 5.37. The molecule has 2 N–H and O–H groups in total. The van der Waals surface area contributed by atoms with Crippen LogP contribution in [0.15, 0.2) is 24.3 Å². The average molecular weight is 245 g/mol. The number of hydrogen-bond donors (Lipinski definition) is 2. The number of aliphatic hydroxyl groups excluding tert-OH is 1. The number of benzene rings is 1. The molecule has 0 aromatic heterocycles. The molecule has 1 aromatic rings. The van der Waals surface area contributed by atoms with Crippen LogP contribution < -0.4 is 5.32 Å². The van der Waals surface area contributed by atoms with Crippen LogP contribution in [0.2, 0.25) is 0 Å². The molecule has 1 rings (SSSR count). The van der Waals surface area contributed by atoms with Gasteiger partial charge in [0.25, 0.3) is 6.43 Å². The predicted molar refractivity (Wildman–Crippen MR) is 60.9 cm³/mol. The molecule has 0 spiro atoms. The van der Waals surface area contributed by atoms with E-state index < -0.39 is 12.5 Å². The first-order valence-corrected chi connectivity index (χ1v) is 5.37. The van der Waals surface area contributed by atoms with Crippen LogP contribution in [0, 0.1) is 0 Å². The number of aliphatic hydroxyl groups is 1. The quantitative estimate of drug-likeness (QED) is 0.765. The lowest BCUT2D eigenvalue weighted by atomic mass is 10.1. The van der Waals surface area contributed by atoms with E-state index in [1.54, 1.807) is 7.11 Å². The summed E-state index contributed by atoms with van der Waals surface area (Å²) >= 11 is 0. The molecule has 0 heterocycles. The SMILES string of the molecule is COCc1ccccc1CNCC(O)C(F)F. The molecule has 0 radical (unpaired) electrons. The zero-order chi connectivity index (χ0) is 12.7. The Morgan fingerprint density at radius 3 is 2.53 bits per heavy atom. The summed E-state index contributed by atoms with van der Waals surface area (Å²) < 4.78 is 29.1. The number of methoxy groups -OCH3 is 1. The van der Waals surface area contributed by atoms with Crippen molar-refractivity contribution in [2.75, 3.05) is 13.7 Å². The standard InChI is InChI=1S/C12H17F2NO2/c1-17-8-10-5-3-2-4-9(10)6-15-7-11(16)12(13)14/h2-5,11-12,15-16H,6-8H2,1H3. The summed E-state index contributed by atoms with van der Waals surface area (Å²) in [5.41, 5.74) is 1.99. The maximum atomic E-state index is 12.0. The Morgan fingerprint density at radius 1 is 1.29 bits per heavy atom. The van der Waals surface area contributed by atoms with Crippen molar-refractivity contribution in [1.82, 2.24) is 5.32 Å². The molecule has 0 saturated carbocycles. The minimum absolute atomic E-state index is 0.126. The van der Waals surface area contributed by atoms with Crippen LogP contribution >= 0.6 is 0 Å². The van der Waals surface area contributed by atoms with Gasteiger partial charge in [-0.25, -0.2) is 8.78 Å². The molecule has 96 valence electrons. The number of nitrogens with one attached hydrogen (secondary N) is 1. The Morgan fingerprint density at radius 2 is 1.94 bits per heavy atom. The molecule has 0 fully saturated rings. The van der Waals surface area contributed by atoms with Gasteiger partial charge in [-0.15, -0.1) is 0 Å². The molecule has 0 saturated heterocycles. The second kappa shape index (κ2) is 7.32. The molecule has 1 unspecified atom stereocenters. The van der Waals surface area contributed by atoms with Crippen molar-refractivity contribution in [3.8, 4) is 0 Å². The van der Waals surface area contributed by atoms with Gasteiger partial charge in [-0.3, -0.25) is 0 Å². The van der Waals surface area contributed by atoms with E-state index in [0.29, 0.717) is 13.2 Å². The maximum absolute atomic E-state index is 12.0. The van der Waals surface area contributed by atoms with Gasteiger partial charge < -0.3 is 15.2 Å². The average Bonchev–Trinajstić information content (AvgIpc) is 2.31. The van der Waals surface area contributed by atoms with E-state index in [2.05, 4.69) is 5.32 Å². The first kappa shape index (κ1) is 14.0. The molecule has 5 heteroatoms. The molecule has 1 atom stereocenters. The Hall–Kier alpha value is -1.04. The van der Waals surface area contributed by atoms with Gasteiger partial charge in [0.05, 0.1) is 6.61 Å². The molecule has 3 nitrogen and oxygen atoms in total. The summed E-state index contributed by atoms with van der Waals surface area (Å²) in [5.74, 6) is 0. The molecule has 1 aromatic carbocycles. The van der Waals surface area contributed by atoms with Gasteiger partial charge in [0, 0.05) is 20.2 Å². The molecule has 0 aliphatic rings. The highest BCUT2D eigenvalue weighted by Crippen LogP contribution is 2.09. The van der Waals surface area contributed by atoms with Crippen LogP contribution in [0.5, 0.6) is 0 Å². The van der Waals surface area contributed by atoms with Crippen LogP contribution in [0.3, 0.4) is 0 Å². The van der Waals surface area contributed by atoms with Crippen molar-refractivity contribution in [3.05, 3.63) is 35.4 Å². The van der Waals surface area contributed by atoms with E-state index in [-0.39, 0.29) is 6.54 Å². The highest BCUT2D eigenvalue weighted by molar-refractivity contribution is 5.26. The normalized spacial score (nSPS) is 13.0. The summed E-state index contributed by atoms with van der Waals surface area (Å²) in [6.07, 6.45) is -4.33. The molecule has 0 bridgehead atoms. The third-order valence-electron chi connectivity index (χ3n) is 2.38. The number of ether oxygens (including phenoxy) is 1. The van der Waals surface area contributed by atoms with Crippen LogP contribution in [-0.2, 0) is 17.9 Å². The summed E-state index contributed by atoms with van der Waals surface area (Å²) in [6, 6.07) is 7.59.